The topological polar surface area (TPSA) is 104 Å². The molecule has 0 aliphatic rings. The van der Waals surface area contributed by atoms with Crippen LogP contribution < -0.4 is 22.9 Å². The van der Waals surface area contributed by atoms with Crippen LogP contribution in [0.15, 0.2) is 0 Å². The SMILES string of the molecule is CCC(N)(N)CCCCCCCC(N)(N)CC. The molecule has 0 aromatic heterocycles. The molecule has 0 saturated heterocycles. The second-order valence-corrected chi connectivity index (χ2v) is 5.44. The van der Waals surface area contributed by atoms with Gasteiger partial charge in [0.15, 0.2) is 0 Å². The van der Waals surface area contributed by atoms with Gasteiger partial charge in [0.25, 0.3) is 0 Å². The molecule has 0 amide bonds. The molecule has 0 fully saturated rings. The minimum Gasteiger partial charge on any atom is -0.314 e. The lowest BCUT2D eigenvalue weighted by molar-refractivity contribution is 0.362. The van der Waals surface area contributed by atoms with Gasteiger partial charge in [-0.25, -0.2) is 0 Å². The molecule has 0 saturated carbocycles. The van der Waals surface area contributed by atoms with Crippen molar-refractivity contribution in [2.24, 2.45) is 22.9 Å². The highest BCUT2D eigenvalue weighted by Gasteiger charge is 2.16. The molecule has 17 heavy (non-hydrogen) atoms. The zero-order valence-corrected chi connectivity index (χ0v) is 11.7. The molecule has 0 unspecified atom stereocenters. The van der Waals surface area contributed by atoms with Gasteiger partial charge < -0.3 is 22.9 Å². The van der Waals surface area contributed by atoms with E-state index in [0.717, 1.165) is 38.5 Å². The quantitative estimate of drug-likeness (QED) is 0.347. The molecule has 0 radical (unpaired) electrons. The molecule has 0 spiro atoms. The third-order valence-electron chi connectivity index (χ3n) is 3.60. The van der Waals surface area contributed by atoms with Crippen LogP contribution in [-0.4, -0.2) is 11.3 Å². The van der Waals surface area contributed by atoms with E-state index in [1.807, 2.05) is 13.8 Å². The summed E-state index contributed by atoms with van der Waals surface area (Å²) < 4.78 is 0. The van der Waals surface area contributed by atoms with Crippen LogP contribution in [0.1, 0.15) is 71.6 Å². The number of nitrogens with two attached hydrogens (primary N) is 4. The van der Waals surface area contributed by atoms with E-state index in [1.165, 1.54) is 19.3 Å². The first-order chi connectivity index (χ1) is 7.83. The number of unbranched alkanes of at least 4 members (excludes halogenated alkanes) is 4. The van der Waals surface area contributed by atoms with Crippen molar-refractivity contribution in [3.63, 3.8) is 0 Å². The summed E-state index contributed by atoms with van der Waals surface area (Å²) in [4.78, 5) is 0. The van der Waals surface area contributed by atoms with E-state index in [2.05, 4.69) is 0 Å². The molecule has 4 heteroatoms. The van der Waals surface area contributed by atoms with E-state index >= 15 is 0 Å². The van der Waals surface area contributed by atoms with Crippen LogP contribution in [-0.2, 0) is 0 Å². The summed E-state index contributed by atoms with van der Waals surface area (Å²) in [7, 11) is 0. The smallest absolute Gasteiger partial charge is 0.0633 e. The monoisotopic (exact) mass is 244 g/mol. The van der Waals surface area contributed by atoms with Gasteiger partial charge in [0.2, 0.25) is 0 Å². The number of hydrogen-bond acceptors (Lipinski definition) is 4. The minimum absolute atomic E-state index is 0.466. The van der Waals surface area contributed by atoms with Crippen molar-refractivity contribution in [2.75, 3.05) is 0 Å². The van der Waals surface area contributed by atoms with Gasteiger partial charge in [-0.05, 0) is 25.7 Å². The van der Waals surface area contributed by atoms with Gasteiger partial charge in [0.1, 0.15) is 0 Å². The Morgan fingerprint density at radius 1 is 0.588 bits per heavy atom. The third-order valence-corrected chi connectivity index (χ3v) is 3.60. The summed E-state index contributed by atoms with van der Waals surface area (Å²) in [6, 6.07) is 0. The Morgan fingerprint density at radius 3 is 1.18 bits per heavy atom. The molecule has 0 rings (SSSR count). The van der Waals surface area contributed by atoms with Crippen molar-refractivity contribution in [2.45, 2.75) is 83.0 Å². The van der Waals surface area contributed by atoms with E-state index in [0.29, 0.717) is 0 Å². The maximum Gasteiger partial charge on any atom is 0.0633 e. The molecule has 0 heterocycles. The summed E-state index contributed by atoms with van der Waals surface area (Å²) in [5.41, 5.74) is 22.6. The van der Waals surface area contributed by atoms with Gasteiger partial charge in [-0.2, -0.15) is 0 Å². The highest BCUT2D eigenvalue weighted by Crippen LogP contribution is 2.15. The molecule has 8 N–H and O–H groups in total. The Morgan fingerprint density at radius 2 is 0.882 bits per heavy atom. The first kappa shape index (κ1) is 16.8. The second-order valence-electron chi connectivity index (χ2n) is 5.44. The molecule has 0 bridgehead atoms. The first-order valence-corrected chi connectivity index (χ1v) is 6.98. The van der Waals surface area contributed by atoms with Crippen LogP contribution >= 0.6 is 0 Å². The summed E-state index contributed by atoms with van der Waals surface area (Å²) in [5.74, 6) is 0. The van der Waals surface area contributed by atoms with E-state index in [9.17, 15) is 0 Å². The molecule has 0 atom stereocenters. The summed E-state index contributed by atoms with van der Waals surface area (Å²) in [6.45, 7) is 4.07. The standard InChI is InChI=1S/C13H32N4/c1-3-12(14,15)10-8-6-5-7-9-11-13(16,17)4-2/h3-11,14-17H2,1-2H3. The molecular weight excluding hydrogens is 212 g/mol. The van der Waals surface area contributed by atoms with Crippen LogP contribution in [0.3, 0.4) is 0 Å². The van der Waals surface area contributed by atoms with Crippen molar-refractivity contribution < 1.29 is 0 Å². The Hall–Kier alpha value is -0.160. The molecule has 0 aromatic rings. The number of hydrogen-bond donors (Lipinski definition) is 4. The summed E-state index contributed by atoms with van der Waals surface area (Å²) >= 11 is 0. The predicted molar refractivity (Wildman–Crippen MR) is 75.1 cm³/mol. The number of rotatable bonds is 10. The third kappa shape index (κ3) is 9.53. The normalized spacial score (nSPS) is 13.1. The van der Waals surface area contributed by atoms with Crippen molar-refractivity contribution in [1.82, 2.24) is 0 Å². The zero-order valence-electron chi connectivity index (χ0n) is 11.7. The molecule has 104 valence electrons. The highest BCUT2D eigenvalue weighted by atomic mass is 14.9. The van der Waals surface area contributed by atoms with Crippen LogP contribution in [0.4, 0.5) is 0 Å². The van der Waals surface area contributed by atoms with Crippen LogP contribution in [0.25, 0.3) is 0 Å². The first-order valence-electron chi connectivity index (χ1n) is 6.98. The lowest BCUT2D eigenvalue weighted by Crippen LogP contribution is -2.48. The van der Waals surface area contributed by atoms with E-state index in [-0.39, 0.29) is 0 Å². The van der Waals surface area contributed by atoms with Crippen molar-refractivity contribution >= 4 is 0 Å². The second kappa shape index (κ2) is 8.03. The lowest BCUT2D eigenvalue weighted by Gasteiger charge is -2.23. The fourth-order valence-corrected chi connectivity index (χ4v) is 1.79. The molecular formula is C13H32N4. The minimum atomic E-state index is -0.466. The van der Waals surface area contributed by atoms with Crippen LogP contribution in [0.2, 0.25) is 0 Å². The lowest BCUT2D eigenvalue weighted by atomic mass is 9.98. The highest BCUT2D eigenvalue weighted by molar-refractivity contribution is 4.75. The average Bonchev–Trinajstić information content (AvgIpc) is 2.27. The molecule has 0 aliphatic carbocycles. The van der Waals surface area contributed by atoms with E-state index < -0.39 is 11.3 Å². The largest absolute Gasteiger partial charge is 0.314 e. The van der Waals surface area contributed by atoms with Gasteiger partial charge in [-0.3, -0.25) is 0 Å². The van der Waals surface area contributed by atoms with E-state index in [1.54, 1.807) is 0 Å². The Bertz CT molecular complexity index is 170. The maximum atomic E-state index is 5.88. The molecule has 0 aliphatic heterocycles. The summed E-state index contributed by atoms with van der Waals surface area (Å²) in [5, 5.41) is 0. The summed E-state index contributed by atoms with van der Waals surface area (Å²) in [6.07, 6.45) is 9.36. The van der Waals surface area contributed by atoms with Gasteiger partial charge in [-0.1, -0.05) is 46.0 Å². The van der Waals surface area contributed by atoms with Crippen molar-refractivity contribution in [3.8, 4) is 0 Å². The Balaban J connectivity index is 3.36. The Labute approximate surface area is 106 Å². The van der Waals surface area contributed by atoms with Gasteiger partial charge in [-0.15, -0.1) is 0 Å². The van der Waals surface area contributed by atoms with Crippen molar-refractivity contribution in [1.29, 1.82) is 0 Å². The van der Waals surface area contributed by atoms with Crippen LogP contribution in [0, 0.1) is 0 Å². The van der Waals surface area contributed by atoms with Gasteiger partial charge in [0, 0.05) is 0 Å². The molecule has 0 aromatic carbocycles. The van der Waals surface area contributed by atoms with Gasteiger partial charge >= 0.3 is 0 Å². The van der Waals surface area contributed by atoms with E-state index in [4.69, 9.17) is 22.9 Å². The fraction of sp³-hybridized carbons (Fsp3) is 1.00. The average molecular weight is 244 g/mol. The van der Waals surface area contributed by atoms with Crippen molar-refractivity contribution in [3.05, 3.63) is 0 Å². The molecule has 4 nitrogen and oxygen atoms in total. The van der Waals surface area contributed by atoms with Gasteiger partial charge in [0.05, 0.1) is 11.3 Å². The maximum absolute atomic E-state index is 5.88. The van der Waals surface area contributed by atoms with Crippen LogP contribution in [0.5, 0.6) is 0 Å². The zero-order chi connectivity index (χ0) is 13.4. The fourth-order valence-electron chi connectivity index (χ4n) is 1.79. The Kier molecular flexibility index (Phi) is 7.96. The predicted octanol–water partition coefficient (Wildman–Crippen LogP) is 1.76.